The van der Waals surface area contributed by atoms with Gasteiger partial charge in [-0.1, -0.05) is 18.3 Å². The van der Waals surface area contributed by atoms with Crippen molar-refractivity contribution in [3.63, 3.8) is 0 Å². The zero-order valence-electron chi connectivity index (χ0n) is 11.7. The number of hydrogen-bond acceptors (Lipinski definition) is 5. The van der Waals surface area contributed by atoms with Crippen LogP contribution >= 0.6 is 12.2 Å². The monoisotopic (exact) mass is 308 g/mol. The van der Waals surface area contributed by atoms with E-state index in [4.69, 9.17) is 17.0 Å². The van der Waals surface area contributed by atoms with Crippen molar-refractivity contribution >= 4 is 18.2 Å². The van der Waals surface area contributed by atoms with Gasteiger partial charge in [-0.25, -0.2) is 14.2 Å². The summed E-state index contributed by atoms with van der Waals surface area (Å²) < 4.78 is 23.9. The highest BCUT2D eigenvalue weighted by Gasteiger charge is 2.18. The smallest absolute Gasteiger partial charge is 0.342 e. The Morgan fingerprint density at radius 1 is 1.38 bits per heavy atom. The maximum absolute atomic E-state index is 14.0. The summed E-state index contributed by atoms with van der Waals surface area (Å²) in [7, 11) is 2.69. The molecule has 0 saturated carbocycles. The van der Waals surface area contributed by atoms with Gasteiger partial charge in [-0.3, -0.25) is 0 Å². The summed E-state index contributed by atoms with van der Waals surface area (Å²) in [4.78, 5) is 18.6. The number of methoxy groups -OCH3 is 2. The summed E-state index contributed by atoms with van der Waals surface area (Å²) in [6.45, 7) is 1.64. The van der Waals surface area contributed by atoms with Gasteiger partial charge in [0.2, 0.25) is 0 Å². The van der Waals surface area contributed by atoms with Gasteiger partial charge in [0.1, 0.15) is 27.6 Å². The number of carbonyl (C=O) groups is 1. The molecule has 1 heterocycles. The van der Waals surface area contributed by atoms with Crippen molar-refractivity contribution in [1.82, 2.24) is 9.97 Å². The minimum atomic E-state index is -0.590. The number of aryl methyl sites for hydroxylation is 1. The van der Waals surface area contributed by atoms with Crippen LogP contribution in [0.1, 0.15) is 16.1 Å². The first kappa shape index (κ1) is 15.1. The molecule has 0 unspecified atom stereocenters. The standard InChI is InChI=1S/C14H13FN2O3S/c1-7-10(14(18)20-3)13(21)17-12(16-7)11-8(15)5-4-6-9(11)19-2/h4-6H,1-3H3,(H,16,17,21). The third-order valence-corrected chi connectivity index (χ3v) is 3.23. The third-order valence-electron chi connectivity index (χ3n) is 2.93. The summed E-state index contributed by atoms with van der Waals surface area (Å²) in [5, 5.41) is 0. The van der Waals surface area contributed by atoms with E-state index in [2.05, 4.69) is 14.7 Å². The van der Waals surface area contributed by atoms with Crippen LogP contribution in [0.3, 0.4) is 0 Å². The van der Waals surface area contributed by atoms with E-state index in [1.807, 2.05) is 0 Å². The number of aromatic amines is 1. The van der Waals surface area contributed by atoms with Crippen LogP contribution in [-0.4, -0.2) is 30.2 Å². The fraction of sp³-hybridized carbons (Fsp3) is 0.214. The van der Waals surface area contributed by atoms with Gasteiger partial charge in [0.25, 0.3) is 0 Å². The molecule has 0 bridgehead atoms. The van der Waals surface area contributed by atoms with Crippen molar-refractivity contribution in [2.24, 2.45) is 0 Å². The van der Waals surface area contributed by atoms with Crippen LogP contribution in [-0.2, 0) is 4.74 Å². The molecule has 0 amide bonds. The van der Waals surface area contributed by atoms with Gasteiger partial charge >= 0.3 is 5.97 Å². The fourth-order valence-corrected chi connectivity index (χ4v) is 2.28. The third kappa shape index (κ3) is 2.78. The molecule has 2 rings (SSSR count). The van der Waals surface area contributed by atoms with E-state index >= 15 is 0 Å². The largest absolute Gasteiger partial charge is 0.496 e. The predicted molar refractivity (Wildman–Crippen MR) is 77.4 cm³/mol. The lowest BCUT2D eigenvalue weighted by atomic mass is 10.1. The second kappa shape index (κ2) is 6.01. The van der Waals surface area contributed by atoms with E-state index < -0.39 is 11.8 Å². The van der Waals surface area contributed by atoms with Crippen molar-refractivity contribution in [2.45, 2.75) is 6.92 Å². The quantitative estimate of drug-likeness (QED) is 0.697. The Hall–Kier alpha value is -2.28. The van der Waals surface area contributed by atoms with Crippen LogP contribution in [0.15, 0.2) is 18.2 Å². The Bertz CT molecular complexity index is 758. The first-order valence-corrected chi connectivity index (χ1v) is 6.42. The molecule has 0 fully saturated rings. The summed E-state index contributed by atoms with van der Waals surface area (Å²) >= 11 is 5.10. The Morgan fingerprint density at radius 2 is 2.10 bits per heavy atom. The molecule has 0 aliphatic carbocycles. The number of nitrogens with zero attached hydrogens (tertiary/aromatic N) is 1. The molecule has 21 heavy (non-hydrogen) atoms. The Morgan fingerprint density at radius 3 is 2.67 bits per heavy atom. The van der Waals surface area contributed by atoms with Gasteiger partial charge in [0, 0.05) is 5.69 Å². The molecule has 0 atom stereocenters. The number of carbonyl (C=O) groups excluding carboxylic acids is 1. The second-order valence-electron chi connectivity index (χ2n) is 4.20. The van der Waals surface area contributed by atoms with Gasteiger partial charge in [0.15, 0.2) is 0 Å². The lowest BCUT2D eigenvalue weighted by Crippen LogP contribution is -2.09. The number of hydrogen-bond donors (Lipinski definition) is 1. The number of aromatic nitrogens is 2. The molecule has 5 nitrogen and oxygen atoms in total. The second-order valence-corrected chi connectivity index (χ2v) is 4.59. The van der Waals surface area contributed by atoms with E-state index in [0.717, 1.165) is 0 Å². The average molecular weight is 308 g/mol. The molecule has 1 aromatic heterocycles. The first-order chi connectivity index (χ1) is 9.99. The maximum atomic E-state index is 14.0. The van der Waals surface area contributed by atoms with Gasteiger partial charge in [0.05, 0.1) is 19.8 Å². The fourth-order valence-electron chi connectivity index (χ4n) is 1.95. The summed E-state index contributed by atoms with van der Waals surface area (Å²) in [5.41, 5.74) is 0.763. The van der Waals surface area contributed by atoms with Gasteiger partial charge < -0.3 is 14.5 Å². The number of esters is 1. The molecule has 0 spiro atoms. The molecule has 7 heteroatoms. The predicted octanol–water partition coefficient (Wildman–Crippen LogP) is 3.05. The molecular weight excluding hydrogens is 295 g/mol. The van der Waals surface area contributed by atoms with Gasteiger partial charge in [-0.15, -0.1) is 0 Å². The van der Waals surface area contributed by atoms with Crippen LogP contribution in [0.25, 0.3) is 11.4 Å². The van der Waals surface area contributed by atoms with Gasteiger partial charge in [-0.2, -0.15) is 0 Å². The van der Waals surface area contributed by atoms with Crippen molar-refractivity contribution in [2.75, 3.05) is 14.2 Å². The SMILES string of the molecule is COC(=O)c1c(C)[nH]c(-c2c(F)cccc2OC)nc1=S. The molecular formula is C14H13FN2O3S. The number of nitrogens with one attached hydrogen (secondary N) is 1. The lowest BCUT2D eigenvalue weighted by Gasteiger charge is -2.11. The number of halogens is 1. The topological polar surface area (TPSA) is 64.2 Å². The zero-order chi connectivity index (χ0) is 15.6. The summed E-state index contributed by atoms with van der Waals surface area (Å²) in [6, 6.07) is 4.43. The Balaban J connectivity index is 2.69. The highest BCUT2D eigenvalue weighted by molar-refractivity contribution is 7.71. The van der Waals surface area contributed by atoms with Crippen molar-refractivity contribution in [3.8, 4) is 17.1 Å². The van der Waals surface area contributed by atoms with Crippen LogP contribution in [0, 0.1) is 17.4 Å². The molecule has 1 N–H and O–H groups in total. The molecule has 0 saturated heterocycles. The van der Waals surface area contributed by atoms with E-state index in [1.165, 1.54) is 26.4 Å². The Kier molecular flexibility index (Phi) is 4.32. The van der Waals surface area contributed by atoms with Crippen molar-refractivity contribution in [1.29, 1.82) is 0 Å². The highest BCUT2D eigenvalue weighted by atomic mass is 32.1. The molecule has 110 valence electrons. The number of rotatable bonds is 3. The number of ether oxygens (including phenoxy) is 2. The van der Waals surface area contributed by atoms with Crippen LogP contribution < -0.4 is 4.74 Å². The molecule has 2 aromatic rings. The number of H-pyrrole nitrogens is 1. The van der Waals surface area contributed by atoms with Crippen LogP contribution in [0.2, 0.25) is 0 Å². The minimum Gasteiger partial charge on any atom is -0.496 e. The number of benzene rings is 1. The molecule has 1 aromatic carbocycles. The zero-order valence-corrected chi connectivity index (χ0v) is 12.5. The van der Waals surface area contributed by atoms with Gasteiger partial charge in [-0.05, 0) is 19.1 Å². The van der Waals surface area contributed by atoms with Crippen molar-refractivity contribution < 1.29 is 18.7 Å². The average Bonchev–Trinajstić information content (AvgIpc) is 2.45. The summed E-state index contributed by atoms with van der Waals surface area (Å²) in [5.74, 6) is -0.579. The summed E-state index contributed by atoms with van der Waals surface area (Å²) in [6.07, 6.45) is 0. The molecule has 0 radical (unpaired) electrons. The molecule has 0 aliphatic heterocycles. The van der Waals surface area contributed by atoms with E-state index in [-0.39, 0.29) is 21.6 Å². The molecule has 0 aliphatic rings. The highest BCUT2D eigenvalue weighted by Crippen LogP contribution is 2.30. The van der Waals surface area contributed by atoms with E-state index in [0.29, 0.717) is 11.4 Å². The minimum absolute atomic E-state index is 0.0402. The lowest BCUT2D eigenvalue weighted by molar-refractivity contribution is 0.0598. The van der Waals surface area contributed by atoms with E-state index in [9.17, 15) is 9.18 Å². The van der Waals surface area contributed by atoms with Crippen LogP contribution in [0.5, 0.6) is 5.75 Å². The maximum Gasteiger partial charge on any atom is 0.342 e. The van der Waals surface area contributed by atoms with E-state index in [1.54, 1.807) is 13.0 Å². The Labute approximate surface area is 125 Å². The first-order valence-electron chi connectivity index (χ1n) is 6.01. The van der Waals surface area contributed by atoms with Crippen molar-refractivity contribution in [3.05, 3.63) is 39.9 Å². The van der Waals surface area contributed by atoms with Crippen LogP contribution in [0.4, 0.5) is 4.39 Å². The normalized spacial score (nSPS) is 10.3.